The summed E-state index contributed by atoms with van der Waals surface area (Å²) >= 11 is 0. The van der Waals surface area contributed by atoms with Gasteiger partial charge in [-0.1, -0.05) is 25.1 Å². The van der Waals surface area contributed by atoms with Crippen LogP contribution >= 0.6 is 0 Å². The maximum Gasteiger partial charge on any atom is 0.348 e. The minimum atomic E-state index is -0.651. The number of carbonyl (C=O) groups is 1. The zero-order chi connectivity index (χ0) is 13.5. The number of esters is 1. The summed E-state index contributed by atoms with van der Waals surface area (Å²) in [5.74, 6) is 0.0260. The number of ether oxygens (including phenoxy) is 2. The van der Waals surface area contributed by atoms with Crippen molar-refractivity contribution >= 4 is 12.0 Å². The van der Waals surface area contributed by atoms with Crippen LogP contribution in [0.25, 0.3) is 6.08 Å². The van der Waals surface area contributed by atoms with E-state index in [-0.39, 0.29) is 5.57 Å². The average molecular weight is 245 g/mol. The molecule has 0 saturated carbocycles. The van der Waals surface area contributed by atoms with Crippen molar-refractivity contribution in [3.63, 3.8) is 0 Å². The van der Waals surface area contributed by atoms with E-state index in [1.54, 1.807) is 13.2 Å². The smallest absolute Gasteiger partial charge is 0.348 e. The molecule has 0 atom stereocenters. The van der Waals surface area contributed by atoms with Crippen molar-refractivity contribution in [2.24, 2.45) is 0 Å². The van der Waals surface area contributed by atoms with Gasteiger partial charge in [0.15, 0.2) is 0 Å². The van der Waals surface area contributed by atoms with Gasteiger partial charge < -0.3 is 9.47 Å². The number of nitrogens with zero attached hydrogens (tertiary/aromatic N) is 1. The van der Waals surface area contributed by atoms with Crippen molar-refractivity contribution in [1.29, 1.82) is 5.26 Å². The number of hydrogen-bond donors (Lipinski definition) is 0. The van der Waals surface area contributed by atoms with Crippen LogP contribution in [0.1, 0.15) is 18.1 Å². The fourth-order valence-electron chi connectivity index (χ4n) is 1.65. The van der Waals surface area contributed by atoms with E-state index in [0.717, 1.165) is 12.0 Å². The molecule has 0 amide bonds. The van der Waals surface area contributed by atoms with Crippen LogP contribution in [0.4, 0.5) is 0 Å². The SMILES string of the molecule is CCc1cccc(C=C(C#N)C(=O)OC)c1OC. The monoisotopic (exact) mass is 245 g/mol. The van der Waals surface area contributed by atoms with Crippen LogP contribution in [0.15, 0.2) is 23.8 Å². The van der Waals surface area contributed by atoms with Gasteiger partial charge >= 0.3 is 5.97 Å². The fourth-order valence-corrected chi connectivity index (χ4v) is 1.65. The molecule has 0 radical (unpaired) electrons. The lowest BCUT2D eigenvalue weighted by molar-refractivity contribution is -0.135. The second kappa shape index (κ2) is 6.45. The Morgan fingerprint density at radius 3 is 2.67 bits per heavy atom. The van der Waals surface area contributed by atoms with Crippen LogP contribution in [0.5, 0.6) is 5.75 Å². The van der Waals surface area contributed by atoms with E-state index in [1.807, 2.05) is 25.1 Å². The Morgan fingerprint density at radius 1 is 1.44 bits per heavy atom. The molecule has 0 aliphatic rings. The zero-order valence-electron chi connectivity index (χ0n) is 10.7. The van der Waals surface area contributed by atoms with Crippen LogP contribution in [-0.4, -0.2) is 20.2 Å². The highest BCUT2D eigenvalue weighted by molar-refractivity contribution is 5.98. The van der Waals surface area contributed by atoms with E-state index >= 15 is 0 Å². The van der Waals surface area contributed by atoms with Gasteiger partial charge in [-0.15, -0.1) is 0 Å². The number of nitriles is 1. The lowest BCUT2D eigenvalue weighted by Crippen LogP contribution is -2.03. The van der Waals surface area contributed by atoms with E-state index < -0.39 is 5.97 Å². The van der Waals surface area contributed by atoms with E-state index in [9.17, 15) is 4.79 Å². The van der Waals surface area contributed by atoms with Crippen molar-refractivity contribution in [1.82, 2.24) is 0 Å². The number of methoxy groups -OCH3 is 2. The highest BCUT2D eigenvalue weighted by Gasteiger charge is 2.12. The van der Waals surface area contributed by atoms with Crippen molar-refractivity contribution in [3.8, 4) is 11.8 Å². The Hall–Kier alpha value is -2.28. The standard InChI is InChI=1S/C14H15NO3/c1-4-10-6-5-7-11(13(10)17-2)8-12(9-15)14(16)18-3/h5-8H,4H2,1-3H3. The average Bonchev–Trinajstić information content (AvgIpc) is 2.43. The Bertz CT molecular complexity index is 512. The molecule has 0 unspecified atom stereocenters. The Morgan fingerprint density at radius 2 is 2.17 bits per heavy atom. The number of hydrogen-bond acceptors (Lipinski definition) is 4. The molecule has 0 N–H and O–H groups in total. The summed E-state index contributed by atoms with van der Waals surface area (Å²) in [6, 6.07) is 7.42. The molecule has 1 rings (SSSR count). The Balaban J connectivity index is 3.29. The van der Waals surface area contributed by atoms with Gasteiger partial charge in [-0.05, 0) is 18.1 Å². The third-order valence-corrected chi connectivity index (χ3v) is 2.54. The number of carbonyl (C=O) groups excluding carboxylic acids is 1. The first-order valence-corrected chi connectivity index (χ1v) is 5.53. The predicted octanol–water partition coefficient (Wildman–Crippen LogP) is 2.34. The second-order valence-corrected chi connectivity index (χ2v) is 3.55. The fraction of sp³-hybridized carbons (Fsp3) is 0.286. The van der Waals surface area contributed by atoms with Gasteiger partial charge in [-0.3, -0.25) is 0 Å². The molecule has 0 heterocycles. The lowest BCUT2D eigenvalue weighted by atomic mass is 10.0. The van der Waals surface area contributed by atoms with Crippen LogP contribution in [0.2, 0.25) is 0 Å². The van der Waals surface area contributed by atoms with Gasteiger partial charge in [0.25, 0.3) is 0 Å². The Labute approximate surface area is 106 Å². The third kappa shape index (κ3) is 2.89. The van der Waals surface area contributed by atoms with E-state index in [4.69, 9.17) is 10.00 Å². The molecule has 4 nitrogen and oxygen atoms in total. The van der Waals surface area contributed by atoms with Crippen molar-refractivity contribution < 1.29 is 14.3 Å². The Kier molecular flexibility index (Phi) is 4.94. The summed E-state index contributed by atoms with van der Waals surface area (Å²) in [4.78, 5) is 11.3. The van der Waals surface area contributed by atoms with Gasteiger partial charge in [-0.25, -0.2) is 4.79 Å². The third-order valence-electron chi connectivity index (χ3n) is 2.54. The molecule has 4 heteroatoms. The van der Waals surface area contributed by atoms with Gasteiger partial charge in [0, 0.05) is 5.56 Å². The van der Waals surface area contributed by atoms with Crippen molar-refractivity contribution in [2.45, 2.75) is 13.3 Å². The van der Waals surface area contributed by atoms with Gasteiger partial charge in [0.05, 0.1) is 14.2 Å². The molecule has 1 aromatic carbocycles. The lowest BCUT2D eigenvalue weighted by Gasteiger charge is -2.10. The maximum atomic E-state index is 11.3. The second-order valence-electron chi connectivity index (χ2n) is 3.55. The first-order valence-electron chi connectivity index (χ1n) is 5.53. The molecular weight excluding hydrogens is 230 g/mol. The van der Waals surface area contributed by atoms with Gasteiger partial charge in [0.2, 0.25) is 0 Å². The summed E-state index contributed by atoms with van der Waals surface area (Å²) in [6.07, 6.45) is 2.29. The number of aryl methyl sites for hydroxylation is 1. The molecule has 1 aromatic rings. The molecule has 0 fully saturated rings. The largest absolute Gasteiger partial charge is 0.496 e. The van der Waals surface area contributed by atoms with Crippen molar-refractivity contribution in [3.05, 3.63) is 34.9 Å². The zero-order valence-corrected chi connectivity index (χ0v) is 10.7. The van der Waals surface area contributed by atoms with E-state index in [0.29, 0.717) is 11.3 Å². The normalized spacial score (nSPS) is 10.7. The highest BCUT2D eigenvalue weighted by atomic mass is 16.5. The topological polar surface area (TPSA) is 59.3 Å². The molecule has 18 heavy (non-hydrogen) atoms. The molecule has 0 aromatic heterocycles. The molecular formula is C14H15NO3. The maximum absolute atomic E-state index is 11.3. The number of rotatable bonds is 4. The van der Waals surface area contributed by atoms with Crippen LogP contribution in [0, 0.1) is 11.3 Å². The molecule has 0 saturated heterocycles. The summed E-state index contributed by atoms with van der Waals surface area (Å²) in [5.41, 5.74) is 1.66. The molecule has 0 bridgehead atoms. The predicted molar refractivity (Wildman–Crippen MR) is 68.0 cm³/mol. The van der Waals surface area contributed by atoms with Gasteiger partial charge in [0.1, 0.15) is 17.4 Å². The van der Waals surface area contributed by atoms with Crippen LogP contribution in [0.3, 0.4) is 0 Å². The molecule has 0 aliphatic carbocycles. The van der Waals surface area contributed by atoms with E-state index in [1.165, 1.54) is 13.2 Å². The van der Waals surface area contributed by atoms with Gasteiger partial charge in [-0.2, -0.15) is 5.26 Å². The summed E-state index contributed by atoms with van der Waals surface area (Å²) in [5, 5.41) is 8.92. The molecule has 0 spiro atoms. The summed E-state index contributed by atoms with van der Waals surface area (Å²) in [7, 11) is 2.81. The number of benzene rings is 1. The minimum Gasteiger partial charge on any atom is -0.496 e. The molecule has 0 aliphatic heterocycles. The molecule has 94 valence electrons. The van der Waals surface area contributed by atoms with E-state index in [2.05, 4.69) is 4.74 Å². The quantitative estimate of drug-likeness (QED) is 0.464. The highest BCUT2D eigenvalue weighted by Crippen LogP contribution is 2.26. The van der Waals surface area contributed by atoms with Crippen molar-refractivity contribution in [2.75, 3.05) is 14.2 Å². The van der Waals surface area contributed by atoms with Crippen LogP contribution in [-0.2, 0) is 16.0 Å². The number of para-hydroxylation sites is 1. The minimum absolute atomic E-state index is 0.0518. The first-order chi connectivity index (χ1) is 8.67. The first kappa shape index (κ1) is 13.8. The summed E-state index contributed by atoms with van der Waals surface area (Å²) in [6.45, 7) is 2.01. The van der Waals surface area contributed by atoms with Crippen LogP contribution < -0.4 is 4.74 Å². The summed E-state index contributed by atoms with van der Waals surface area (Å²) < 4.78 is 9.86.